The van der Waals surface area contributed by atoms with E-state index in [1.54, 1.807) is 18.5 Å². The van der Waals surface area contributed by atoms with E-state index in [4.69, 9.17) is 0 Å². The number of anilines is 1. The fourth-order valence-corrected chi connectivity index (χ4v) is 2.11. The van der Waals surface area contributed by atoms with Gasteiger partial charge in [-0.25, -0.2) is 8.78 Å². The molecule has 4 heteroatoms. The summed E-state index contributed by atoms with van der Waals surface area (Å²) in [6.45, 7) is 0.422. The summed E-state index contributed by atoms with van der Waals surface area (Å²) >= 11 is 0. The number of halogens is 2. The summed E-state index contributed by atoms with van der Waals surface area (Å²) in [5.41, 5.74) is 1.60. The van der Waals surface area contributed by atoms with Crippen molar-refractivity contribution in [3.63, 3.8) is 0 Å². The summed E-state index contributed by atoms with van der Waals surface area (Å²) in [5, 5.41) is 5.30. The fourth-order valence-electron chi connectivity index (χ4n) is 2.11. The second-order valence-corrected chi connectivity index (χ2v) is 4.50. The summed E-state index contributed by atoms with van der Waals surface area (Å²) < 4.78 is 26.0. The zero-order valence-corrected chi connectivity index (χ0v) is 10.6. The van der Waals surface area contributed by atoms with E-state index in [1.807, 2.05) is 24.3 Å². The molecule has 0 saturated carbocycles. The first-order valence-corrected chi connectivity index (χ1v) is 6.24. The Morgan fingerprint density at radius 2 is 1.90 bits per heavy atom. The number of aromatic nitrogens is 1. The normalized spacial score (nSPS) is 10.7. The van der Waals surface area contributed by atoms with E-state index in [-0.39, 0.29) is 0 Å². The quantitative estimate of drug-likeness (QED) is 0.774. The van der Waals surface area contributed by atoms with E-state index in [2.05, 4.69) is 10.3 Å². The van der Waals surface area contributed by atoms with Gasteiger partial charge in [0.25, 0.3) is 0 Å². The molecule has 0 unspecified atom stereocenters. The highest BCUT2D eigenvalue weighted by atomic mass is 19.2. The van der Waals surface area contributed by atoms with Gasteiger partial charge >= 0.3 is 0 Å². The first-order valence-electron chi connectivity index (χ1n) is 6.24. The topological polar surface area (TPSA) is 24.9 Å². The van der Waals surface area contributed by atoms with Crippen LogP contribution in [0.4, 0.5) is 14.5 Å². The van der Waals surface area contributed by atoms with Gasteiger partial charge in [0, 0.05) is 30.0 Å². The van der Waals surface area contributed by atoms with E-state index in [0.29, 0.717) is 12.1 Å². The molecule has 0 aliphatic carbocycles. The van der Waals surface area contributed by atoms with Gasteiger partial charge in [0.1, 0.15) is 0 Å². The average Bonchev–Trinajstić information content (AvgIpc) is 2.48. The van der Waals surface area contributed by atoms with E-state index >= 15 is 0 Å². The summed E-state index contributed by atoms with van der Waals surface area (Å²) in [4.78, 5) is 4.10. The molecule has 0 saturated heterocycles. The van der Waals surface area contributed by atoms with E-state index in [0.717, 1.165) is 22.5 Å². The van der Waals surface area contributed by atoms with Gasteiger partial charge < -0.3 is 5.32 Å². The second kappa shape index (κ2) is 5.25. The molecule has 0 amide bonds. The van der Waals surface area contributed by atoms with Gasteiger partial charge in [-0.2, -0.15) is 0 Å². The monoisotopic (exact) mass is 270 g/mol. The summed E-state index contributed by atoms with van der Waals surface area (Å²) in [6, 6.07) is 11.7. The minimum Gasteiger partial charge on any atom is -0.380 e. The summed E-state index contributed by atoms with van der Waals surface area (Å²) in [5.74, 6) is -1.66. The van der Waals surface area contributed by atoms with Crippen LogP contribution in [0.5, 0.6) is 0 Å². The van der Waals surface area contributed by atoms with Gasteiger partial charge in [-0.1, -0.05) is 18.2 Å². The molecule has 1 heterocycles. The van der Waals surface area contributed by atoms with E-state index < -0.39 is 11.6 Å². The van der Waals surface area contributed by atoms with Crippen molar-refractivity contribution in [2.75, 3.05) is 5.32 Å². The van der Waals surface area contributed by atoms with Crippen LogP contribution < -0.4 is 5.32 Å². The minimum absolute atomic E-state index is 0.422. The maximum atomic E-state index is 13.1. The Bertz CT molecular complexity index is 751. The third-order valence-corrected chi connectivity index (χ3v) is 3.15. The molecular weight excluding hydrogens is 258 g/mol. The fraction of sp³-hybridized carbons (Fsp3) is 0.0625. The van der Waals surface area contributed by atoms with Gasteiger partial charge in [0.2, 0.25) is 0 Å². The van der Waals surface area contributed by atoms with Crippen LogP contribution in [-0.2, 0) is 6.54 Å². The van der Waals surface area contributed by atoms with Crippen molar-refractivity contribution in [1.82, 2.24) is 4.98 Å². The van der Waals surface area contributed by atoms with Crippen molar-refractivity contribution >= 4 is 16.5 Å². The number of benzene rings is 2. The lowest BCUT2D eigenvalue weighted by molar-refractivity contribution is 0.507. The van der Waals surface area contributed by atoms with Gasteiger partial charge in [-0.15, -0.1) is 0 Å². The number of hydrogen-bond donors (Lipinski definition) is 1. The molecule has 2 nitrogen and oxygen atoms in total. The van der Waals surface area contributed by atoms with Crippen LogP contribution in [0.3, 0.4) is 0 Å². The number of nitrogens with zero attached hydrogens (tertiary/aromatic N) is 1. The van der Waals surface area contributed by atoms with Crippen molar-refractivity contribution in [2.24, 2.45) is 0 Å². The third-order valence-electron chi connectivity index (χ3n) is 3.15. The number of fused-ring (bicyclic) bond motifs is 1. The largest absolute Gasteiger partial charge is 0.380 e. The predicted molar refractivity (Wildman–Crippen MR) is 75.4 cm³/mol. The summed E-state index contributed by atoms with van der Waals surface area (Å²) in [7, 11) is 0. The molecule has 20 heavy (non-hydrogen) atoms. The maximum absolute atomic E-state index is 13.1. The lowest BCUT2D eigenvalue weighted by atomic mass is 10.1. The molecule has 1 N–H and O–H groups in total. The predicted octanol–water partition coefficient (Wildman–Crippen LogP) is 4.13. The molecule has 0 aliphatic rings. The van der Waals surface area contributed by atoms with Crippen LogP contribution in [0.1, 0.15) is 5.56 Å². The molecule has 1 aromatic heterocycles. The Kier molecular flexibility index (Phi) is 3.29. The highest BCUT2D eigenvalue weighted by Crippen LogP contribution is 2.22. The molecule has 0 radical (unpaired) electrons. The molecule has 100 valence electrons. The molecule has 0 fully saturated rings. The number of hydrogen-bond acceptors (Lipinski definition) is 2. The Morgan fingerprint density at radius 1 is 1.00 bits per heavy atom. The average molecular weight is 270 g/mol. The highest BCUT2D eigenvalue weighted by molar-refractivity contribution is 5.93. The zero-order valence-electron chi connectivity index (χ0n) is 10.6. The molecule has 0 bridgehead atoms. The number of rotatable bonds is 3. The van der Waals surface area contributed by atoms with Crippen molar-refractivity contribution in [1.29, 1.82) is 0 Å². The van der Waals surface area contributed by atoms with E-state index in [9.17, 15) is 8.78 Å². The van der Waals surface area contributed by atoms with Crippen molar-refractivity contribution in [3.8, 4) is 0 Å². The molecular formula is C16H12F2N2. The maximum Gasteiger partial charge on any atom is 0.159 e. The standard InChI is InChI=1S/C16H12F2N2/c17-14-5-4-11(8-15(14)18)9-20-16-3-1-2-12-6-7-19-10-13(12)16/h1-8,10,20H,9H2. The molecule has 3 rings (SSSR count). The molecule has 0 aliphatic heterocycles. The minimum atomic E-state index is -0.830. The third kappa shape index (κ3) is 2.45. The van der Waals surface area contributed by atoms with Gasteiger partial charge in [0.15, 0.2) is 11.6 Å². The second-order valence-electron chi connectivity index (χ2n) is 4.50. The van der Waals surface area contributed by atoms with Crippen LogP contribution in [0, 0.1) is 11.6 Å². The number of nitrogens with one attached hydrogen (secondary N) is 1. The Labute approximate surface area is 115 Å². The highest BCUT2D eigenvalue weighted by Gasteiger charge is 2.04. The van der Waals surface area contributed by atoms with Crippen LogP contribution in [0.25, 0.3) is 10.8 Å². The van der Waals surface area contributed by atoms with Gasteiger partial charge in [-0.3, -0.25) is 4.98 Å². The SMILES string of the molecule is Fc1ccc(CNc2cccc3ccncc23)cc1F. The smallest absolute Gasteiger partial charge is 0.159 e. The molecule has 0 spiro atoms. The van der Waals surface area contributed by atoms with Crippen LogP contribution >= 0.6 is 0 Å². The molecule has 3 aromatic rings. The lowest BCUT2D eigenvalue weighted by Crippen LogP contribution is -2.01. The van der Waals surface area contributed by atoms with Crippen molar-refractivity contribution in [2.45, 2.75) is 6.54 Å². The van der Waals surface area contributed by atoms with Crippen LogP contribution in [0.2, 0.25) is 0 Å². The number of pyridine rings is 1. The van der Waals surface area contributed by atoms with Crippen molar-refractivity contribution < 1.29 is 8.78 Å². The first-order chi connectivity index (χ1) is 9.74. The van der Waals surface area contributed by atoms with Crippen LogP contribution in [0.15, 0.2) is 54.9 Å². The lowest BCUT2D eigenvalue weighted by Gasteiger charge is -2.09. The molecule has 2 aromatic carbocycles. The Hall–Kier alpha value is -2.49. The molecule has 0 atom stereocenters. The van der Waals surface area contributed by atoms with Gasteiger partial charge in [-0.05, 0) is 35.2 Å². The van der Waals surface area contributed by atoms with Crippen LogP contribution in [-0.4, -0.2) is 4.98 Å². The van der Waals surface area contributed by atoms with Crippen molar-refractivity contribution in [3.05, 3.63) is 72.1 Å². The van der Waals surface area contributed by atoms with E-state index in [1.165, 1.54) is 6.07 Å². The summed E-state index contributed by atoms with van der Waals surface area (Å²) in [6.07, 6.45) is 3.52. The Balaban J connectivity index is 1.85. The first kappa shape index (κ1) is 12.5. The Morgan fingerprint density at radius 3 is 2.75 bits per heavy atom. The van der Waals surface area contributed by atoms with Gasteiger partial charge in [0.05, 0.1) is 0 Å². The zero-order chi connectivity index (χ0) is 13.9.